The molecule has 0 saturated carbocycles. The fraction of sp³-hybridized carbons (Fsp3) is 0.222. The van der Waals surface area contributed by atoms with Gasteiger partial charge in [-0.1, -0.05) is 18.2 Å². The molecule has 6 heteroatoms. The quantitative estimate of drug-likeness (QED) is 0.396. The molecule has 6 nitrogen and oxygen atoms in total. The minimum absolute atomic E-state index is 0.108. The van der Waals surface area contributed by atoms with Crippen LogP contribution in [0.2, 0.25) is 0 Å². The highest BCUT2D eigenvalue weighted by atomic mass is 16.2. The average Bonchev–Trinajstić information content (AvgIpc) is 2.84. The summed E-state index contributed by atoms with van der Waals surface area (Å²) in [6.45, 7) is 0. The lowest BCUT2D eigenvalue weighted by Crippen LogP contribution is -2.22. The summed E-state index contributed by atoms with van der Waals surface area (Å²) in [4.78, 5) is 13.9. The van der Waals surface area contributed by atoms with E-state index in [-0.39, 0.29) is 17.7 Å². The summed E-state index contributed by atoms with van der Waals surface area (Å²) in [7, 11) is 3.41. The Morgan fingerprint density at radius 3 is 2.67 bits per heavy atom. The zero-order valence-corrected chi connectivity index (χ0v) is 18.9. The molecule has 1 atom stereocenters. The predicted octanol–water partition coefficient (Wildman–Crippen LogP) is 4.75. The van der Waals surface area contributed by atoms with Gasteiger partial charge in [0.05, 0.1) is 23.4 Å². The Kier molecular flexibility index (Phi) is 6.14. The first-order valence-electron chi connectivity index (χ1n) is 11.0. The number of benzene rings is 3. The number of anilines is 2. The Labute approximate surface area is 194 Å². The van der Waals surface area contributed by atoms with E-state index in [1.54, 1.807) is 32.3 Å². The minimum atomic E-state index is -0.108. The minimum Gasteiger partial charge on any atom is -0.398 e. The molecule has 4 N–H and O–H groups in total. The normalized spacial score (nSPS) is 14.6. The molecule has 1 aliphatic rings. The van der Waals surface area contributed by atoms with Gasteiger partial charge >= 0.3 is 0 Å². The number of carbonyl (C=O) groups is 1. The van der Waals surface area contributed by atoms with Crippen molar-refractivity contribution in [3.8, 4) is 6.07 Å². The Balaban J connectivity index is 1.61. The van der Waals surface area contributed by atoms with Gasteiger partial charge in [-0.3, -0.25) is 10.2 Å². The molecule has 3 aromatic rings. The van der Waals surface area contributed by atoms with Gasteiger partial charge in [-0.05, 0) is 72.9 Å². The van der Waals surface area contributed by atoms with Crippen molar-refractivity contribution >= 4 is 23.0 Å². The van der Waals surface area contributed by atoms with Gasteiger partial charge in [-0.15, -0.1) is 0 Å². The molecule has 0 bridgehead atoms. The zero-order chi connectivity index (χ0) is 23.5. The van der Waals surface area contributed by atoms with Gasteiger partial charge in [0.25, 0.3) is 5.91 Å². The van der Waals surface area contributed by atoms with Gasteiger partial charge in [-0.25, -0.2) is 0 Å². The molecule has 1 amide bonds. The number of nitrogens with two attached hydrogens (primary N) is 1. The number of aryl methyl sites for hydroxylation is 1. The summed E-state index contributed by atoms with van der Waals surface area (Å²) >= 11 is 0. The van der Waals surface area contributed by atoms with Crippen molar-refractivity contribution in [1.82, 2.24) is 4.90 Å². The number of nitriles is 1. The Hall–Kier alpha value is -4.11. The lowest BCUT2D eigenvalue weighted by atomic mass is 9.86. The number of nitrogens with one attached hydrogen (secondary N) is 2. The molecule has 0 heterocycles. The van der Waals surface area contributed by atoms with E-state index in [1.165, 1.54) is 16.0 Å². The number of hydrogen-bond donors (Lipinski definition) is 3. The summed E-state index contributed by atoms with van der Waals surface area (Å²) in [6.07, 6.45) is 3.01. The fourth-order valence-corrected chi connectivity index (χ4v) is 4.32. The van der Waals surface area contributed by atoms with Gasteiger partial charge in [0.15, 0.2) is 0 Å². The van der Waals surface area contributed by atoms with E-state index in [1.807, 2.05) is 42.5 Å². The van der Waals surface area contributed by atoms with E-state index in [0.717, 1.165) is 24.9 Å². The first kappa shape index (κ1) is 22.1. The number of nitrogen functional groups attached to an aromatic ring is 1. The first-order valence-corrected chi connectivity index (χ1v) is 11.0. The number of carbonyl (C=O) groups excluding carboxylic acids is 1. The van der Waals surface area contributed by atoms with Gasteiger partial charge < -0.3 is 16.0 Å². The van der Waals surface area contributed by atoms with E-state index in [9.17, 15) is 10.1 Å². The van der Waals surface area contributed by atoms with Crippen LogP contribution in [0.5, 0.6) is 0 Å². The summed E-state index contributed by atoms with van der Waals surface area (Å²) in [5.41, 5.74) is 12.8. The van der Waals surface area contributed by atoms with Crippen LogP contribution >= 0.6 is 0 Å². The van der Waals surface area contributed by atoms with Crippen molar-refractivity contribution < 1.29 is 4.79 Å². The van der Waals surface area contributed by atoms with Gasteiger partial charge in [0, 0.05) is 42.2 Å². The Bertz CT molecular complexity index is 1270. The van der Waals surface area contributed by atoms with Crippen molar-refractivity contribution in [3.05, 3.63) is 94.0 Å². The van der Waals surface area contributed by atoms with E-state index in [2.05, 4.69) is 11.4 Å². The van der Waals surface area contributed by atoms with E-state index < -0.39 is 0 Å². The second kappa shape index (κ2) is 9.17. The van der Waals surface area contributed by atoms with Crippen LogP contribution in [-0.2, 0) is 6.42 Å². The van der Waals surface area contributed by atoms with Crippen molar-refractivity contribution in [2.24, 2.45) is 0 Å². The molecule has 1 aliphatic carbocycles. The third kappa shape index (κ3) is 4.58. The number of amides is 1. The highest BCUT2D eigenvalue weighted by molar-refractivity contribution is 6.15. The largest absolute Gasteiger partial charge is 0.398 e. The third-order valence-electron chi connectivity index (χ3n) is 6.05. The third-order valence-corrected chi connectivity index (χ3v) is 6.05. The smallest absolute Gasteiger partial charge is 0.253 e. The van der Waals surface area contributed by atoms with E-state index in [0.29, 0.717) is 27.9 Å². The number of nitrogens with zero attached hydrogens (tertiary/aromatic N) is 2. The lowest BCUT2D eigenvalue weighted by Gasteiger charge is -2.28. The van der Waals surface area contributed by atoms with Crippen molar-refractivity contribution in [2.45, 2.75) is 25.3 Å². The maximum atomic E-state index is 12.3. The molecular formula is C27H27N5O. The standard InChI is InChI=1S/C27H27N5O/c1-32(2)27(33)20-7-3-6-19(14-20)26(30)23-15-21(10-12-24(23)29)31-25-8-4-5-18-13-17(16-28)9-11-22(18)25/h3,6-7,9-15,25,30-31H,4-5,8,29H2,1-2H3. The monoisotopic (exact) mass is 437 g/mol. The molecular weight excluding hydrogens is 410 g/mol. The molecule has 3 aromatic carbocycles. The number of fused-ring (bicyclic) bond motifs is 1. The predicted molar refractivity (Wildman–Crippen MR) is 132 cm³/mol. The molecule has 33 heavy (non-hydrogen) atoms. The van der Waals surface area contributed by atoms with E-state index >= 15 is 0 Å². The molecule has 0 saturated heterocycles. The maximum absolute atomic E-state index is 12.3. The van der Waals surface area contributed by atoms with Crippen molar-refractivity contribution in [1.29, 1.82) is 10.7 Å². The molecule has 1 unspecified atom stereocenters. The van der Waals surface area contributed by atoms with Crippen molar-refractivity contribution in [2.75, 3.05) is 25.1 Å². The Morgan fingerprint density at radius 1 is 1.12 bits per heavy atom. The van der Waals surface area contributed by atoms with Crippen molar-refractivity contribution in [3.63, 3.8) is 0 Å². The van der Waals surface area contributed by atoms with Crippen LogP contribution in [0.15, 0.2) is 60.7 Å². The van der Waals surface area contributed by atoms with Crippen LogP contribution in [0.1, 0.15) is 57.1 Å². The maximum Gasteiger partial charge on any atom is 0.253 e. The van der Waals surface area contributed by atoms with Crippen LogP contribution in [0.25, 0.3) is 0 Å². The SMILES string of the molecule is CN(C)C(=O)c1cccc(C(=N)c2cc(NC3CCCc4cc(C#N)ccc43)ccc2N)c1. The van der Waals surface area contributed by atoms with Crippen LogP contribution in [0.4, 0.5) is 11.4 Å². The lowest BCUT2D eigenvalue weighted by molar-refractivity contribution is 0.0827. The summed E-state index contributed by atoms with van der Waals surface area (Å²) in [6, 6.07) is 21.0. The molecule has 4 rings (SSSR count). The Morgan fingerprint density at radius 2 is 1.91 bits per heavy atom. The number of rotatable bonds is 5. The van der Waals surface area contributed by atoms with Gasteiger partial charge in [-0.2, -0.15) is 5.26 Å². The second-order valence-electron chi connectivity index (χ2n) is 8.57. The van der Waals surface area contributed by atoms with Crippen LogP contribution in [0, 0.1) is 16.7 Å². The van der Waals surface area contributed by atoms with Gasteiger partial charge in [0.1, 0.15) is 0 Å². The second-order valence-corrected chi connectivity index (χ2v) is 8.57. The molecule has 0 aromatic heterocycles. The molecule has 0 spiro atoms. The first-order chi connectivity index (χ1) is 15.9. The highest BCUT2D eigenvalue weighted by Crippen LogP contribution is 2.34. The van der Waals surface area contributed by atoms with E-state index in [4.69, 9.17) is 11.1 Å². The molecule has 0 radical (unpaired) electrons. The topological polar surface area (TPSA) is 106 Å². The highest BCUT2D eigenvalue weighted by Gasteiger charge is 2.21. The van der Waals surface area contributed by atoms with Gasteiger partial charge in [0.2, 0.25) is 0 Å². The van der Waals surface area contributed by atoms with Crippen LogP contribution in [0.3, 0.4) is 0 Å². The van der Waals surface area contributed by atoms with Crippen LogP contribution in [-0.4, -0.2) is 30.6 Å². The summed E-state index contributed by atoms with van der Waals surface area (Å²) in [5.74, 6) is -0.108. The van der Waals surface area contributed by atoms with Crippen LogP contribution < -0.4 is 11.1 Å². The summed E-state index contributed by atoms with van der Waals surface area (Å²) in [5, 5.41) is 21.6. The molecule has 166 valence electrons. The fourth-order valence-electron chi connectivity index (χ4n) is 4.32. The molecule has 0 aliphatic heterocycles. The number of hydrogen-bond acceptors (Lipinski definition) is 5. The molecule has 0 fully saturated rings. The zero-order valence-electron chi connectivity index (χ0n) is 18.9. The average molecular weight is 438 g/mol. The summed E-state index contributed by atoms with van der Waals surface area (Å²) < 4.78 is 0.